The average molecular weight is 288 g/mol. The number of morpholine rings is 1. The number of hydrogen-bond donors (Lipinski definition) is 1. The third kappa shape index (κ3) is 3.31. The van der Waals surface area contributed by atoms with E-state index in [1.165, 1.54) is 12.0 Å². The molecule has 3 heteroatoms. The molecule has 0 radical (unpaired) electrons. The van der Waals surface area contributed by atoms with Crippen molar-refractivity contribution in [2.75, 3.05) is 26.7 Å². The minimum absolute atomic E-state index is 0.324. The van der Waals surface area contributed by atoms with Crippen LogP contribution in [0.4, 0.5) is 0 Å². The molecular weight excluding hydrogens is 260 g/mol. The summed E-state index contributed by atoms with van der Waals surface area (Å²) in [6.07, 6.45) is 1.61. The number of nitrogens with zero attached hydrogens (tertiary/aromatic N) is 1. The van der Waals surface area contributed by atoms with Crippen LogP contribution in [0.15, 0.2) is 30.3 Å². The van der Waals surface area contributed by atoms with Crippen molar-refractivity contribution in [2.24, 2.45) is 5.92 Å². The second-order valence-electron chi connectivity index (χ2n) is 6.73. The Bertz CT molecular complexity index is 448. The lowest BCUT2D eigenvalue weighted by molar-refractivity contribution is -0.0579. The van der Waals surface area contributed by atoms with E-state index in [-0.39, 0.29) is 0 Å². The van der Waals surface area contributed by atoms with Crippen LogP contribution in [-0.2, 0) is 4.74 Å². The topological polar surface area (TPSA) is 24.5 Å². The van der Waals surface area contributed by atoms with Gasteiger partial charge in [0.1, 0.15) is 0 Å². The van der Waals surface area contributed by atoms with E-state index >= 15 is 0 Å². The molecule has 0 amide bonds. The van der Waals surface area contributed by atoms with Gasteiger partial charge in [0, 0.05) is 25.2 Å². The van der Waals surface area contributed by atoms with Gasteiger partial charge in [0.15, 0.2) is 0 Å². The van der Waals surface area contributed by atoms with Crippen molar-refractivity contribution in [3.8, 4) is 0 Å². The van der Waals surface area contributed by atoms with Crippen LogP contribution in [0.1, 0.15) is 31.7 Å². The van der Waals surface area contributed by atoms with Gasteiger partial charge in [-0.2, -0.15) is 0 Å². The van der Waals surface area contributed by atoms with Gasteiger partial charge in [0.05, 0.1) is 12.7 Å². The zero-order valence-electron chi connectivity index (χ0n) is 13.5. The highest BCUT2D eigenvalue weighted by Crippen LogP contribution is 2.50. The Hall–Kier alpha value is -0.900. The van der Waals surface area contributed by atoms with Crippen LogP contribution in [0.3, 0.4) is 0 Å². The van der Waals surface area contributed by atoms with Gasteiger partial charge in [0.2, 0.25) is 0 Å². The summed E-state index contributed by atoms with van der Waals surface area (Å²) < 4.78 is 6.09. The number of hydrogen-bond acceptors (Lipinski definition) is 3. The summed E-state index contributed by atoms with van der Waals surface area (Å²) in [5, 5.41) is 3.54. The molecule has 1 saturated heterocycles. The Balaban J connectivity index is 1.64. The van der Waals surface area contributed by atoms with Crippen LogP contribution in [-0.4, -0.2) is 49.8 Å². The second-order valence-corrected chi connectivity index (χ2v) is 6.73. The molecule has 3 rings (SSSR count). The molecule has 2 fully saturated rings. The van der Waals surface area contributed by atoms with E-state index in [2.05, 4.69) is 61.4 Å². The molecule has 0 spiro atoms. The molecular formula is C18H28N2O. The number of rotatable bonds is 5. The standard InChI is InChI=1S/C18H28N2O/c1-13(2)20-9-10-21-17(12-20)18(19-3)16-11-15(16)14-7-5-4-6-8-14/h4-8,13,15-19H,9-12H2,1-3H3. The maximum Gasteiger partial charge on any atom is 0.0858 e. The Morgan fingerprint density at radius 2 is 2.00 bits per heavy atom. The van der Waals surface area contributed by atoms with Gasteiger partial charge in [-0.25, -0.2) is 0 Å². The number of ether oxygens (including phenoxy) is 1. The van der Waals surface area contributed by atoms with Crippen molar-refractivity contribution in [3.63, 3.8) is 0 Å². The fourth-order valence-electron chi connectivity index (χ4n) is 3.75. The van der Waals surface area contributed by atoms with Gasteiger partial charge in [-0.3, -0.25) is 4.90 Å². The van der Waals surface area contributed by atoms with E-state index < -0.39 is 0 Å². The predicted octanol–water partition coefficient (Wildman–Crippen LogP) is 2.49. The average Bonchev–Trinajstić information content (AvgIpc) is 3.30. The van der Waals surface area contributed by atoms with Crippen LogP contribution in [0.25, 0.3) is 0 Å². The summed E-state index contributed by atoms with van der Waals surface area (Å²) in [5.74, 6) is 1.43. The SMILES string of the molecule is CNC(C1CN(C(C)C)CCO1)C1CC1c1ccccc1. The van der Waals surface area contributed by atoms with E-state index in [1.807, 2.05) is 0 Å². The number of benzene rings is 1. The maximum atomic E-state index is 6.09. The third-order valence-electron chi connectivity index (χ3n) is 5.12. The van der Waals surface area contributed by atoms with Gasteiger partial charge in [0.25, 0.3) is 0 Å². The van der Waals surface area contributed by atoms with Crippen LogP contribution < -0.4 is 5.32 Å². The zero-order chi connectivity index (χ0) is 14.8. The monoisotopic (exact) mass is 288 g/mol. The quantitative estimate of drug-likeness (QED) is 0.901. The van der Waals surface area contributed by atoms with Gasteiger partial charge in [-0.05, 0) is 44.7 Å². The lowest BCUT2D eigenvalue weighted by Gasteiger charge is -2.39. The van der Waals surface area contributed by atoms with Gasteiger partial charge >= 0.3 is 0 Å². The molecule has 1 aliphatic carbocycles. The number of nitrogens with one attached hydrogen (secondary N) is 1. The fourth-order valence-corrected chi connectivity index (χ4v) is 3.75. The first kappa shape index (κ1) is 15.0. The van der Waals surface area contributed by atoms with Crippen LogP contribution in [0.5, 0.6) is 0 Å². The highest BCUT2D eigenvalue weighted by atomic mass is 16.5. The third-order valence-corrected chi connectivity index (χ3v) is 5.12. The molecule has 2 aliphatic rings. The van der Waals surface area contributed by atoms with Crippen molar-refractivity contribution in [1.29, 1.82) is 0 Å². The van der Waals surface area contributed by atoms with Crippen molar-refractivity contribution in [1.82, 2.24) is 10.2 Å². The molecule has 0 bridgehead atoms. The molecule has 1 aromatic carbocycles. The molecule has 116 valence electrons. The second kappa shape index (κ2) is 6.47. The van der Waals surface area contributed by atoms with Crippen molar-refractivity contribution >= 4 is 0 Å². The van der Waals surface area contributed by atoms with E-state index in [0.717, 1.165) is 25.6 Å². The molecule has 1 N–H and O–H groups in total. The van der Waals surface area contributed by atoms with Gasteiger partial charge < -0.3 is 10.1 Å². The smallest absolute Gasteiger partial charge is 0.0858 e. The molecule has 0 aromatic heterocycles. The molecule has 4 atom stereocenters. The summed E-state index contributed by atoms with van der Waals surface area (Å²) in [5.41, 5.74) is 1.49. The van der Waals surface area contributed by atoms with Crippen LogP contribution in [0, 0.1) is 5.92 Å². The largest absolute Gasteiger partial charge is 0.374 e. The first-order valence-corrected chi connectivity index (χ1v) is 8.28. The van der Waals surface area contributed by atoms with Crippen LogP contribution in [0.2, 0.25) is 0 Å². The number of likely N-dealkylation sites (N-methyl/N-ethyl adjacent to an activating group) is 1. The highest BCUT2D eigenvalue weighted by molar-refractivity contribution is 5.27. The summed E-state index contributed by atoms with van der Waals surface area (Å²) in [7, 11) is 2.09. The molecule has 3 nitrogen and oxygen atoms in total. The normalized spacial score (nSPS) is 31.3. The summed E-state index contributed by atoms with van der Waals surface area (Å²) in [6.45, 7) is 7.55. The lowest BCUT2D eigenvalue weighted by atomic mass is 9.99. The minimum Gasteiger partial charge on any atom is -0.374 e. The minimum atomic E-state index is 0.324. The highest BCUT2D eigenvalue weighted by Gasteiger charge is 2.47. The van der Waals surface area contributed by atoms with E-state index in [1.54, 1.807) is 0 Å². The molecule has 1 aliphatic heterocycles. The zero-order valence-corrected chi connectivity index (χ0v) is 13.5. The molecule has 4 unspecified atom stereocenters. The molecule has 21 heavy (non-hydrogen) atoms. The Labute approximate surface area is 128 Å². The summed E-state index contributed by atoms with van der Waals surface area (Å²) >= 11 is 0. The Morgan fingerprint density at radius 3 is 2.67 bits per heavy atom. The molecule has 1 heterocycles. The van der Waals surface area contributed by atoms with Gasteiger partial charge in [-0.15, -0.1) is 0 Å². The predicted molar refractivity (Wildman–Crippen MR) is 86.6 cm³/mol. The van der Waals surface area contributed by atoms with E-state index in [4.69, 9.17) is 4.74 Å². The Morgan fingerprint density at radius 1 is 1.24 bits per heavy atom. The van der Waals surface area contributed by atoms with Crippen LogP contribution >= 0.6 is 0 Å². The lowest BCUT2D eigenvalue weighted by Crippen LogP contribution is -2.54. The van der Waals surface area contributed by atoms with E-state index in [9.17, 15) is 0 Å². The van der Waals surface area contributed by atoms with Crippen molar-refractivity contribution < 1.29 is 4.74 Å². The molecule has 1 saturated carbocycles. The summed E-state index contributed by atoms with van der Waals surface area (Å²) in [4.78, 5) is 2.54. The molecule has 1 aromatic rings. The Kier molecular flexibility index (Phi) is 4.63. The first-order valence-electron chi connectivity index (χ1n) is 8.28. The van der Waals surface area contributed by atoms with Gasteiger partial charge in [-0.1, -0.05) is 30.3 Å². The van der Waals surface area contributed by atoms with Crippen molar-refractivity contribution in [3.05, 3.63) is 35.9 Å². The van der Waals surface area contributed by atoms with E-state index in [0.29, 0.717) is 24.1 Å². The van der Waals surface area contributed by atoms with Crippen molar-refractivity contribution in [2.45, 2.75) is 44.4 Å². The fraction of sp³-hybridized carbons (Fsp3) is 0.667. The maximum absolute atomic E-state index is 6.09. The first-order chi connectivity index (χ1) is 10.2. The summed E-state index contributed by atoms with van der Waals surface area (Å²) in [6, 6.07) is 12.0.